The van der Waals surface area contributed by atoms with Crippen LogP contribution >= 0.6 is 0 Å². The second-order valence-electron chi connectivity index (χ2n) is 8.23. The van der Waals surface area contributed by atoms with Crippen molar-refractivity contribution in [1.29, 1.82) is 0 Å². The minimum Gasteiger partial charge on any atom is -0.489 e. The summed E-state index contributed by atoms with van der Waals surface area (Å²) in [7, 11) is 0. The number of fused-ring (bicyclic) bond motifs is 1. The Morgan fingerprint density at radius 1 is 1.19 bits per heavy atom. The van der Waals surface area contributed by atoms with Crippen molar-refractivity contribution in [2.24, 2.45) is 5.10 Å². The molecule has 0 radical (unpaired) electrons. The van der Waals surface area contributed by atoms with E-state index in [0.717, 1.165) is 11.1 Å². The Bertz CT molecular complexity index is 1360. The zero-order valence-corrected chi connectivity index (χ0v) is 19.0. The van der Waals surface area contributed by atoms with Gasteiger partial charge in [0.2, 0.25) is 5.95 Å². The molecule has 0 spiro atoms. The van der Waals surface area contributed by atoms with Gasteiger partial charge in [-0.05, 0) is 47.5 Å². The highest BCUT2D eigenvalue weighted by atomic mass is 19.1. The number of hydrogen-bond acceptors (Lipinski definition) is 10. The number of nitrogens with zero attached hydrogens (tertiary/aromatic N) is 5. The molecule has 0 aliphatic carbocycles. The third-order valence-corrected chi connectivity index (χ3v) is 5.72. The van der Waals surface area contributed by atoms with E-state index in [1.54, 1.807) is 35.0 Å². The van der Waals surface area contributed by atoms with Gasteiger partial charge in [-0.3, -0.25) is 4.57 Å². The van der Waals surface area contributed by atoms with Gasteiger partial charge in [0.1, 0.15) is 36.0 Å². The van der Waals surface area contributed by atoms with E-state index >= 15 is 0 Å². The Balaban J connectivity index is 1.23. The largest absolute Gasteiger partial charge is 0.489 e. The van der Waals surface area contributed by atoms with E-state index < -0.39 is 18.4 Å². The van der Waals surface area contributed by atoms with Gasteiger partial charge in [-0.1, -0.05) is 12.1 Å². The maximum Gasteiger partial charge on any atom is 0.247 e. The number of hydrogen-bond donors (Lipinski definition) is 4. The average molecular weight is 493 g/mol. The molecule has 2 aromatic heterocycles. The fraction of sp³-hybridized carbons (Fsp3) is 0.250. The van der Waals surface area contributed by atoms with E-state index in [4.69, 9.17) is 15.2 Å². The van der Waals surface area contributed by atoms with E-state index in [2.05, 4.69) is 25.5 Å². The van der Waals surface area contributed by atoms with Gasteiger partial charge in [0.15, 0.2) is 11.5 Å². The molecule has 4 aromatic rings. The molecule has 2 aromatic carbocycles. The van der Waals surface area contributed by atoms with Crippen LogP contribution in [0.5, 0.6) is 5.75 Å². The topological polar surface area (TPSA) is 153 Å². The van der Waals surface area contributed by atoms with Crippen molar-refractivity contribution >= 4 is 29.1 Å². The fourth-order valence-electron chi connectivity index (χ4n) is 3.81. The van der Waals surface area contributed by atoms with E-state index in [1.165, 1.54) is 18.5 Å². The van der Waals surface area contributed by atoms with Gasteiger partial charge in [-0.15, -0.1) is 0 Å². The number of nitrogen functional groups attached to an aromatic ring is 1. The van der Waals surface area contributed by atoms with Crippen molar-refractivity contribution < 1.29 is 24.1 Å². The number of aliphatic hydroxyl groups is 2. The van der Waals surface area contributed by atoms with Crippen LogP contribution in [0.1, 0.15) is 23.8 Å². The quantitative estimate of drug-likeness (QED) is 0.214. The highest BCUT2D eigenvalue weighted by Crippen LogP contribution is 2.31. The van der Waals surface area contributed by atoms with Crippen LogP contribution in [-0.2, 0) is 11.3 Å². The van der Waals surface area contributed by atoms with Crippen LogP contribution in [0.3, 0.4) is 0 Å². The van der Waals surface area contributed by atoms with E-state index in [1.807, 2.05) is 12.1 Å². The van der Waals surface area contributed by atoms with Crippen molar-refractivity contribution in [1.82, 2.24) is 19.5 Å². The molecule has 186 valence electrons. The molecule has 0 amide bonds. The zero-order valence-electron chi connectivity index (χ0n) is 19.0. The van der Waals surface area contributed by atoms with Gasteiger partial charge in [-0.2, -0.15) is 15.1 Å². The molecule has 1 aliphatic rings. The Morgan fingerprint density at radius 2 is 1.97 bits per heavy atom. The summed E-state index contributed by atoms with van der Waals surface area (Å²) in [4.78, 5) is 12.9. The van der Waals surface area contributed by atoms with Gasteiger partial charge in [0.25, 0.3) is 0 Å². The molecule has 5 N–H and O–H groups in total. The Labute approximate surface area is 205 Å². The van der Waals surface area contributed by atoms with Crippen LogP contribution in [0.15, 0.2) is 60.0 Å². The van der Waals surface area contributed by atoms with Crippen LogP contribution in [-0.4, -0.2) is 54.8 Å². The maximum absolute atomic E-state index is 13.0. The third kappa shape index (κ3) is 5.10. The molecule has 0 unspecified atom stereocenters. The number of imidazole rings is 1. The Morgan fingerprint density at radius 3 is 2.69 bits per heavy atom. The molecule has 11 nitrogen and oxygen atoms in total. The molecule has 5 rings (SSSR count). The molecule has 12 heteroatoms. The number of hydrazone groups is 1. The number of nitrogens with two attached hydrogens (primary N) is 1. The fourth-order valence-corrected chi connectivity index (χ4v) is 3.81. The Kier molecular flexibility index (Phi) is 6.71. The number of ether oxygens (including phenoxy) is 2. The van der Waals surface area contributed by atoms with Gasteiger partial charge in [0, 0.05) is 6.42 Å². The minimum atomic E-state index is -0.793. The molecular formula is C24H24FN7O4. The number of halogens is 1. The predicted octanol–water partition coefficient (Wildman–Crippen LogP) is 2.21. The molecule has 1 aliphatic heterocycles. The summed E-state index contributed by atoms with van der Waals surface area (Å²) >= 11 is 0. The lowest BCUT2D eigenvalue weighted by atomic mass is 10.2. The standard InChI is InChI=1S/C24H24FN7O4/c25-16-5-1-15(2-6-16)12-35-17-7-3-14(4-8-17)10-28-31-24-29-22(26)21-23(30-24)32(13-27-21)20-9-18(34)19(11-33)36-20/h1-8,10,13,18-20,33-34H,9,11-12H2,(H3,26,29,30,31)/b28-10+/t18-,19-,20-/m1/s1. The van der Waals surface area contributed by atoms with Crippen LogP contribution < -0.4 is 15.9 Å². The van der Waals surface area contributed by atoms with Crippen molar-refractivity contribution in [3.8, 4) is 5.75 Å². The van der Waals surface area contributed by atoms with Gasteiger partial charge < -0.3 is 25.4 Å². The Hall–Kier alpha value is -4.13. The smallest absolute Gasteiger partial charge is 0.247 e. The van der Waals surface area contributed by atoms with Gasteiger partial charge >= 0.3 is 0 Å². The first-order chi connectivity index (χ1) is 17.5. The van der Waals surface area contributed by atoms with E-state index in [-0.39, 0.29) is 30.6 Å². The SMILES string of the molecule is Nc1nc(N/N=C/c2ccc(OCc3ccc(F)cc3)cc2)nc2c1ncn2[C@H]1C[C@@H](O)[C@@H](CO)O1. The summed E-state index contributed by atoms with van der Waals surface area (Å²) in [6, 6.07) is 13.4. The van der Waals surface area contributed by atoms with Crippen molar-refractivity contribution in [2.75, 3.05) is 17.8 Å². The molecule has 3 atom stereocenters. The number of rotatable bonds is 8. The highest BCUT2D eigenvalue weighted by molar-refractivity contribution is 5.83. The van der Waals surface area contributed by atoms with Crippen molar-refractivity contribution in [2.45, 2.75) is 31.5 Å². The number of benzene rings is 2. The zero-order chi connectivity index (χ0) is 25.1. The molecule has 36 heavy (non-hydrogen) atoms. The monoisotopic (exact) mass is 493 g/mol. The number of aromatic nitrogens is 4. The lowest BCUT2D eigenvalue weighted by Gasteiger charge is -2.13. The second-order valence-corrected chi connectivity index (χ2v) is 8.23. The third-order valence-electron chi connectivity index (χ3n) is 5.72. The predicted molar refractivity (Wildman–Crippen MR) is 130 cm³/mol. The summed E-state index contributed by atoms with van der Waals surface area (Å²) in [6.07, 6.45) is 1.38. The summed E-state index contributed by atoms with van der Waals surface area (Å²) in [5, 5.41) is 23.6. The molecule has 0 saturated carbocycles. The van der Waals surface area contributed by atoms with Crippen LogP contribution in [0, 0.1) is 5.82 Å². The minimum absolute atomic E-state index is 0.162. The molecule has 3 heterocycles. The summed E-state index contributed by atoms with van der Waals surface area (Å²) in [5.41, 5.74) is 11.3. The van der Waals surface area contributed by atoms with E-state index in [0.29, 0.717) is 23.5 Å². The summed E-state index contributed by atoms with van der Waals surface area (Å²) in [5.74, 6) is 0.710. The first-order valence-electron chi connectivity index (χ1n) is 11.2. The van der Waals surface area contributed by atoms with Crippen LogP contribution in [0.4, 0.5) is 16.2 Å². The molecule has 1 fully saturated rings. The number of nitrogens with one attached hydrogen (secondary N) is 1. The second kappa shape index (κ2) is 10.2. The maximum atomic E-state index is 13.0. The summed E-state index contributed by atoms with van der Waals surface area (Å²) in [6.45, 7) is 0.0445. The highest BCUT2D eigenvalue weighted by Gasteiger charge is 2.35. The molecule has 0 bridgehead atoms. The van der Waals surface area contributed by atoms with Crippen LogP contribution in [0.25, 0.3) is 11.2 Å². The van der Waals surface area contributed by atoms with Crippen molar-refractivity contribution in [3.05, 3.63) is 71.8 Å². The van der Waals surface area contributed by atoms with Crippen molar-refractivity contribution in [3.63, 3.8) is 0 Å². The van der Waals surface area contributed by atoms with Gasteiger partial charge in [0.05, 0.1) is 25.3 Å². The molecule has 1 saturated heterocycles. The van der Waals surface area contributed by atoms with Crippen LogP contribution in [0.2, 0.25) is 0 Å². The average Bonchev–Trinajstić information content (AvgIpc) is 3.48. The number of aliphatic hydroxyl groups excluding tert-OH is 2. The number of anilines is 2. The lowest BCUT2D eigenvalue weighted by Crippen LogP contribution is -2.24. The van der Waals surface area contributed by atoms with E-state index in [9.17, 15) is 14.6 Å². The lowest BCUT2D eigenvalue weighted by molar-refractivity contribution is -0.0432. The normalized spacial score (nSPS) is 19.8. The first-order valence-corrected chi connectivity index (χ1v) is 11.2. The molecular weight excluding hydrogens is 469 g/mol. The first kappa shape index (κ1) is 23.6. The summed E-state index contributed by atoms with van der Waals surface area (Å²) < 4.78 is 26.1. The van der Waals surface area contributed by atoms with Gasteiger partial charge in [-0.25, -0.2) is 14.8 Å².